The molecule has 0 aliphatic heterocycles. The molecule has 1 atom stereocenters. The first-order valence-electron chi connectivity index (χ1n) is 8.13. The van der Waals surface area contributed by atoms with E-state index >= 15 is 0 Å². The van der Waals surface area contributed by atoms with E-state index in [4.69, 9.17) is 11.6 Å². The minimum Gasteiger partial charge on any atom is -0.481 e. The zero-order valence-corrected chi connectivity index (χ0v) is 15.6. The van der Waals surface area contributed by atoms with Gasteiger partial charge in [0.25, 0.3) is 0 Å². The molecule has 1 N–H and O–H groups in total. The van der Waals surface area contributed by atoms with Crippen LogP contribution in [0.3, 0.4) is 0 Å². The van der Waals surface area contributed by atoms with Gasteiger partial charge in [0, 0.05) is 5.02 Å². The third kappa shape index (κ3) is 5.31. The Morgan fingerprint density at radius 1 is 1.08 bits per heavy atom. The van der Waals surface area contributed by atoms with E-state index in [2.05, 4.69) is 0 Å². The highest BCUT2D eigenvalue weighted by Crippen LogP contribution is 2.21. The molecule has 2 rings (SSSR count). The predicted octanol–water partition coefficient (Wildman–Crippen LogP) is 4.32. The van der Waals surface area contributed by atoms with Gasteiger partial charge in [-0.05, 0) is 54.7 Å². The molecule has 0 amide bonds. The van der Waals surface area contributed by atoms with Crippen LogP contribution in [0.2, 0.25) is 5.02 Å². The highest BCUT2D eigenvalue weighted by atomic mass is 35.5. The summed E-state index contributed by atoms with van der Waals surface area (Å²) in [6, 6.07) is 13.5. The van der Waals surface area contributed by atoms with E-state index in [-0.39, 0.29) is 10.6 Å². The zero-order chi connectivity index (χ0) is 18.4. The topological polar surface area (TPSA) is 71.4 Å². The molecule has 0 aliphatic carbocycles. The number of aliphatic carboxylic acids is 1. The van der Waals surface area contributed by atoms with E-state index in [1.807, 2.05) is 31.2 Å². The Balaban J connectivity index is 1.95. The van der Waals surface area contributed by atoms with Gasteiger partial charge >= 0.3 is 5.97 Å². The predicted molar refractivity (Wildman–Crippen MR) is 98.9 cm³/mol. The van der Waals surface area contributed by atoms with Crippen LogP contribution in [0.5, 0.6) is 0 Å². The van der Waals surface area contributed by atoms with Gasteiger partial charge in [0.05, 0.1) is 16.6 Å². The lowest BCUT2D eigenvalue weighted by Gasteiger charge is -2.11. The molecule has 1 unspecified atom stereocenters. The molecule has 6 heteroatoms. The van der Waals surface area contributed by atoms with Gasteiger partial charge in [0.15, 0.2) is 9.84 Å². The van der Waals surface area contributed by atoms with Crippen molar-refractivity contribution in [3.8, 4) is 0 Å². The largest absolute Gasteiger partial charge is 0.481 e. The Bertz CT molecular complexity index is 812. The lowest BCUT2D eigenvalue weighted by Crippen LogP contribution is -2.10. The second kappa shape index (κ2) is 8.50. The molecule has 0 fully saturated rings. The van der Waals surface area contributed by atoms with E-state index in [0.29, 0.717) is 24.3 Å². The third-order valence-electron chi connectivity index (χ3n) is 4.14. The van der Waals surface area contributed by atoms with Gasteiger partial charge in [-0.3, -0.25) is 4.79 Å². The molecule has 25 heavy (non-hydrogen) atoms. The summed E-state index contributed by atoms with van der Waals surface area (Å²) in [5.74, 6) is -1.27. The Morgan fingerprint density at radius 3 is 2.20 bits per heavy atom. The molecular weight excluding hydrogens is 360 g/mol. The van der Waals surface area contributed by atoms with Crippen molar-refractivity contribution in [1.82, 2.24) is 0 Å². The fourth-order valence-corrected chi connectivity index (χ4v) is 4.13. The van der Waals surface area contributed by atoms with Crippen LogP contribution in [-0.2, 0) is 21.1 Å². The quantitative estimate of drug-likeness (QED) is 0.740. The van der Waals surface area contributed by atoms with Crippen LogP contribution in [0, 0.1) is 0 Å². The normalized spacial score (nSPS) is 12.7. The van der Waals surface area contributed by atoms with Gasteiger partial charge in [0.2, 0.25) is 0 Å². The maximum atomic E-state index is 12.3. The zero-order valence-electron chi connectivity index (χ0n) is 14.0. The fourth-order valence-electron chi connectivity index (χ4n) is 2.70. The molecule has 2 aromatic carbocycles. The van der Waals surface area contributed by atoms with Gasteiger partial charge in [-0.25, -0.2) is 8.42 Å². The molecule has 0 aliphatic rings. The van der Waals surface area contributed by atoms with Crippen LogP contribution >= 0.6 is 11.6 Å². The number of hydrogen-bond acceptors (Lipinski definition) is 3. The Morgan fingerprint density at radius 2 is 1.68 bits per heavy atom. The first-order chi connectivity index (χ1) is 11.8. The van der Waals surface area contributed by atoms with Crippen molar-refractivity contribution in [2.24, 2.45) is 0 Å². The Kier molecular flexibility index (Phi) is 6.62. The number of carboxylic acids is 1. The maximum Gasteiger partial charge on any atom is 0.310 e. The van der Waals surface area contributed by atoms with Crippen molar-refractivity contribution in [2.75, 3.05) is 5.75 Å². The lowest BCUT2D eigenvalue weighted by atomic mass is 9.95. The lowest BCUT2D eigenvalue weighted by molar-refractivity contribution is -0.138. The van der Waals surface area contributed by atoms with Crippen LogP contribution in [0.1, 0.15) is 36.8 Å². The molecule has 0 saturated heterocycles. The highest BCUT2D eigenvalue weighted by Gasteiger charge is 2.17. The summed E-state index contributed by atoms with van der Waals surface area (Å²) in [7, 11) is -3.32. The highest BCUT2D eigenvalue weighted by molar-refractivity contribution is 7.91. The van der Waals surface area contributed by atoms with Gasteiger partial charge in [-0.1, -0.05) is 42.8 Å². The third-order valence-corrected chi connectivity index (χ3v) is 6.21. The van der Waals surface area contributed by atoms with Crippen molar-refractivity contribution < 1.29 is 18.3 Å². The molecule has 134 valence electrons. The molecule has 0 bridgehead atoms. The number of hydrogen-bond donors (Lipinski definition) is 1. The monoisotopic (exact) mass is 380 g/mol. The summed E-state index contributed by atoms with van der Waals surface area (Å²) in [5, 5.41) is 9.68. The van der Waals surface area contributed by atoms with Crippen LogP contribution in [0.25, 0.3) is 0 Å². The van der Waals surface area contributed by atoms with Crippen molar-refractivity contribution in [2.45, 2.75) is 37.0 Å². The van der Waals surface area contributed by atoms with Crippen molar-refractivity contribution in [3.63, 3.8) is 0 Å². The van der Waals surface area contributed by atoms with Crippen LogP contribution in [0.4, 0.5) is 0 Å². The molecule has 2 aromatic rings. The molecule has 0 radical (unpaired) electrons. The number of sulfone groups is 1. The second-order valence-electron chi connectivity index (χ2n) is 5.92. The van der Waals surface area contributed by atoms with E-state index in [1.54, 1.807) is 12.1 Å². The first kappa shape index (κ1) is 19.5. The van der Waals surface area contributed by atoms with Crippen molar-refractivity contribution >= 4 is 27.4 Å². The summed E-state index contributed by atoms with van der Waals surface area (Å²) in [4.78, 5) is 11.5. The standard InChI is InChI=1S/C19H21ClO4S/c1-2-18(19(21)22)15-7-5-14(6-8-15)4-3-13-25(23,24)17-11-9-16(20)10-12-17/h5-12,18H,2-4,13H2,1H3,(H,21,22). The minimum atomic E-state index is -3.32. The fraction of sp³-hybridized carbons (Fsp3) is 0.316. The summed E-state index contributed by atoms with van der Waals surface area (Å²) in [5.41, 5.74) is 1.77. The van der Waals surface area contributed by atoms with E-state index in [0.717, 1.165) is 11.1 Å². The van der Waals surface area contributed by atoms with Gasteiger partial charge in [-0.2, -0.15) is 0 Å². The van der Waals surface area contributed by atoms with Crippen molar-refractivity contribution in [3.05, 3.63) is 64.7 Å². The second-order valence-corrected chi connectivity index (χ2v) is 8.46. The van der Waals surface area contributed by atoms with Gasteiger partial charge in [-0.15, -0.1) is 0 Å². The number of aryl methyl sites for hydroxylation is 1. The van der Waals surface area contributed by atoms with Gasteiger partial charge < -0.3 is 5.11 Å². The smallest absolute Gasteiger partial charge is 0.310 e. The van der Waals surface area contributed by atoms with Crippen LogP contribution in [-0.4, -0.2) is 25.2 Å². The van der Waals surface area contributed by atoms with Crippen LogP contribution < -0.4 is 0 Å². The molecule has 0 heterocycles. The Hall–Kier alpha value is -1.85. The summed E-state index contributed by atoms with van der Waals surface area (Å²) in [6.07, 6.45) is 1.66. The molecular formula is C19H21ClO4S. The summed E-state index contributed by atoms with van der Waals surface area (Å²) < 4.78 is 24.6. The maximum absolute atomic E-state index is 12.3. The number of benzene rings is 2. The number of halogens is 1. The SMILES string of the molecule is CCC(C(=O)O)c1ccc(CCCS(=O)(=O)c2ccc(Cl)cc2)cc1. The summed E-state index contributed by atoms with van der Waals surface area (Å²) >= 11 is 5.78. The molecule has 0 saturated carbocycles. The average Bonchev–Trinajstić information content (AvgIpc) is 2.57. The van der Waals surface area contributed by atoms with E-state index < -0.39 is 21.7 Å². The first-order valence-corrected chi connectivity index (χ1v) is 10.2. The summed E-state index contributed by atoms with van der Waals surface area (Å²) in [6.45, 7) is 1.84. The van der Waals surface area contributed by atoms with E-state index in [1.165, 1.54) is 12.1 Å². The molecule has 4 nitrogen and oxygen atoms in total. The average molecular weight is 381 g/mol. The number of carboxylic acid groups (broad SMARTS) is 1. The van der Waals surface area contributed by atoms with Gasteiger partial charge in [0.1, 0.15) is 0 Å². The molecule has 0 aromatic heterocycles. The van der Waals surface area contributed by atoms with Crippen molar-refractivity contribution in [1.29, 1.82) is 0 Å². The van der Waals surface area contributed by atoms with Crippen LogP contribution in [0.15, 0.2) is 53.4 Å². The Labute approximate surface area is 153 Å². The number of carbonyl (C=O) groups is 1. The van der Waals surface area contributed by atoms with E-state index in [9.17, 15) is 18.3 Å². The number of rotatable bonds is 8. The minimum absolute atomic E-state index is 0.0586. The molecule has 0 spiro atoms.